The molecular formula is C8H21NSi2. The zero-order valence-electron chi connectivity index (χ0n) is 8.33. The van der Waals surface area contributed by atoms with Crippen LogP contribution in [-0.4, -0.2) is 16.5 Å². The Labute approximate surface area is 72.8 Å². The molecule has 66 valence electrons. The molecule has 0 aromatic carbocycles. The van der Waals surface area contributed by atoms with Gasteiger partial charge in [0.25, 0.3) is 0 Å². The fourth-order valence-electron chi connectivity index (χ4n) is 2.17. The van der Waals surface area contributed by atoms with Crippen molar-refractivity contribution in [2.24, 2.45) is 0 Å². The van der Waals surface area contributed by atoms with Crippen LogP contribution in [0.3, 0.4) is 0 Å². The van der Waals surface area contributed by atoms with E-state index in [4.69, 9.17) is 0 Å². The summed E-state index contributed by atoms with van der Waals surface area (Å²) >= 11 is 0. The molecule has 0 spiro atoms. The minimum absolute atomic E-state index is 0.965. The summed E-state index contributed by atoms with van der Waals surface area (Å²) in [6, 6.07) is 2.98. The Hall–Kier alpha value is 0.394. The SMILES string of the molecule is C[Si]1(C)CCCC[Si](C)(C)N1. The zero-order valence-corrected chi connectivity index (χ0v) is 10.3. The third-order valence-electron chi connectivity index (χ3n) is 2.53. The summed E-state index contributed by atoms with van der Waals surface area (Å²) in [6.45, 7) is 9.92. The summed E-state index contributed by atoms with van der Waals surface area (Å²) in [5.74, 6) is 0. The van der Waals surface area contributed by atoms with E-state index in [0.717, 1.165) is 0 Å². The van der Waals surface area contributed by atoms with E-state index in [1.54, 1.807) is 0 Å². The molecule has 0 aliphatic carbocycles. The molecule has 0 bridgehead atoms. The standard InChI is InChI=1S/C8H21NSi2/c1-10(2)7-5-6-8-11(3,4)9-10/h9H,5-8H2,1-4H3. The van der Waals surface area contributed by atoms with Crippen LogP contribution < -0.4 is 4.65 Å². The molecule has 1 nitrogen and oxygen atoms in total. The van der Waals surface area contributed by atoms with Crippen LogP contribution in [0.5, 0.6) is 0 Å². The highest BCUT2D eigenvalue weighted by atomic mass is 28.4. The van der Waals surface area contributed by atoms with E-state index in [0.29, 0.717) is 0 Å². The Bertz CT molecular complexity index is 127. The van der Waals surface area contributed by atoms with Gasteiger partial charge in [-0.25, -0.2) is 0 Å². The average molecular weight is 187 g/mol. The topological polar surface area (TPSA) is 12.0 Å². The van der Waals surface area contributed by atoms with E-state index in [9.17, 15) is 0 Å². The highest BCUT2D eigenvalue weighted by Crippen LogP contribution is 2.23. The van der Waals surface area contributed by atoms with E-state index in [-0.39, 0.29) is 0 Å². The molecule has 1 aliphatic heterocycles. The van der Waals surface area contributed by atoms with Gasteiger partial charge in [-0.1, -0.05) is 39.0 Å². The summed E-state index contributed by atoms with van der Waals surface area (Å²) < 4.78 is 3.97. The van der Waals surface area contributed by atoms with E-state index < -0.39 is 16.5 Å². The van der Waals surface area contributed by atoms with Crippen LogP contribution in [0, 0.1) is 0 Å². The molecule has 3 heteroatoms. The molecule has 1 rings (SSSR count). The minimum Gasteiger partial charge on any atom is -0.359 e. The largest absolute Gasteiger partial charge is 0.359 e. The Morgan fingerprint density at radius 2 is 1.18 bits per heavy atom. The van der Waals surface area contributed by atoms with Crippen LogP contribution in [0.2, 0.25) is 38.3 Å². The Morgan fingerprint density at radius 3 is 1.55 bits per heavy atom. The lowest BCUT2D eigenvalue weighted by molar-refractivity contribution is 0.865. The van der Waals surface area contributed by atoms with Gasteiger partial charge in [-0.15, -0.1) is 0 Å². The first-order valence-corrected chi connectivity index (χ1v) is 11.1. The van der Waals surface area contributed by atoms with Crippen molar-refractivity contribution in [3.8, 4) is 0 Å². The molecule has 0 amide bonds. The molecule has 0 radical (unpaired) electrons. The molecule has 0 aromatic rings. The molecule has 1 heterocycles. The van der Waals surface area contributed by atoms with Crippen LogP contribution in [-0.2, 0) is 0 Å². The van der Waals surface area contributed by atoms with Gasteiger partial charge >= 0.3 is 0 Å². The van der Waals surface area contributed by atoms with Crippen LogP contribution in [0.1, 0.15) is 12.8 Å². The maximum atomic E-state index is 3.97. The van der Waals surface area contributed by atoms with Crippen molar-refractivity contribution in [3.63, 3.8) is 0 Å². The van der Waals surface area contributed by atoms with Crippen LogP contribution in [0.25, 0.3) is 0 Å². The fraction of sp³-hybridized carbons (Fsp3) is 1.00. The molecule has 0 saturated carbocycles. The first-order chi connectivity index (χ1) is 4.91. The predicted octanol–water partition coefficient (Wildman–Crippen LogP) is 2.78. The summed E-state index contributed by atoms with van der Waals surface area (Å²) in [5, 5.41) is 0. The highest BCUT2D eigenvalue weighted by Gasteiger charge is 2.32. The van der Waals surface area contributed by atoms with Gasteiger partial charge in [0, 0.05) is 0 Å². The van der Waals surface area contributed by atoms with Gasteiger partial charge in [0.2, 0.25) is 0 Å². The van der Waals surface area contributed by atoms with Gasteiger partial charge in [-0.3, -0.25) is 0 Å². The quantitative estimate of drug-likeness (QED) is 0.575. The molecule has 1 N–H and O–H groups in total. The number of rotatable bonds is 0. The van der Waals surface area contributed by atoms with Crippen molar-refractivity contribution in [3.05, 3.63) is 0 Å². The number of nitrogens with one attached hydrogen (secondary N) is 1. The van der Waals surface area contributed by atoms with Crippen molar-refractivity contribution in [1.82, 2.24) is 4.65 Å². The maximum absolute atomic E-state index is 3.97. The van der Waals surface area contributed by atoms with Gasteiger partial charge < -0.3 is 4.65 Å². The minimum atomic E-state index is -0.965. The van der Waals surface area contributed by atoms with E-state index >= 15 is 0 Å². The summed E-state index contributed by atoms with van der Waals surface area (Å²) in [7, 11) is -1.93. The Morgan fingerprint density at radius 1 is 0.818 bits per heavy atom. The van der Waals surface area contributed by atoms with Crippen LogP contribution in [0.15, 0.2) is 0 Å². The first-order valence-electron chi connectivity index (χ1n) is 4.71. The van der Waals surface area contributed by atoms with Crippen molar-refractivity contribution >= 4 is 16.5 Å². The number of hydrogen-bond acceptors (Lipinski definition) is 1. The molecule has 0 unspecified atom stereocenters. The lowest BCUT2D eigenvalue weighted by atomic mass is 10.4. The van der Waals surface area contributed by atoms with E-state index in [1.165, 1.54) is 24.9 Å². The predicted molar refractivity (Wildman–Crippen MR) is 56.9 cm³/mol. The van der Waals surface area contributed by atoms with Crippen molar-refractivity contribution < 1.29 is 0 Å². The van der Waals surface area contributed by atoms with Gasteiger partial charge in [-0.05, 0) is 12.1 Å². The van der Waals surface area contributed by atoms with E-state index in [1.807, 2.05) is 0 Å². The monoisotopic (exact) mass is 187 g/mol. The van der Waals surface area contributed by atoms with Crippen molar-refractivity contribution in [2.45, 2.75) is 51.1 Å². The summed E-state index contributed by atoms with van der Waals surface area (Å²) in [4.78, 5) is 0. The second-order valence-electron chi connectivity index (χ2n) is 5.10. The average Bonchev–Trinajstić information content (AvgIpc) is 1.86. The van der Waals surface area contributed by atoms with Gasteiger partial charge in [0.15, 0.2) is 0 Å². The second-order valence-corrected chi connectivity index (χ2v) is 14.6. The third-order valence-corrected chi connectivity index (χ3v) is 11.2. The normalized spacial score (nSPS) is 29.5. The third kappa shape index (κ3) is 3.09. The molecule has 1 fully saturated rings. The Kier molecular flexibility index (Phi) is 2.61. The highest BCUT2D eigenvalue weighted by molar-refractivity contribution is 6.91. The van der Waals surface area contributed by atoms with Gasteiger partial charge in [0.1, 0.15) is 16.5 Å². The maximum Gasteiger partial charge on any atom is 0.112 e. The molecule has 0 atom stereocenters. The van der Waals surface area contributed by atoms with Gasteiger partial charge in [0.05, 0.1) is 0 Å². The zero-order chi connectivity index (χ0) is 8.54. The molecular weight excluding hydrogens is 166 g/mol. The first kappa shape index (κ1) is 9.48. The summed E-state index contributed by atoms with van der Waals surface area (Å²) in [5.41, 5.74) is 0. The molecule has 11 heavy (non-hydrogen) atoms. The smallest absolute Gasteiger partial charge is 0.112 e. The van der Waals surface area contributed by atoms with Crippen LogP contribution in [0.4, 0.5) is 0 Å². The number of hydrogen-bond donors (Lipinski definition) is 1. The summed E-state index contributed by atoms with van der Waals surface area (Å²) in [6.07, 6.45) is 2.95. The van der Waals surface area contributed by atoms with Crippen molar-refractivity contribution in [1.29, 1.82) is 0 Å². The lowest BCUT2D eigenvalue weighted by Crippen LogP contribution is -2.57. The van der Waals surface area contributed by atoms with Gasteiger partial charge in [-0.2, -0.15) is 0 Å². The van der Waals surface area contributed by atoms with E-state index in [2.05, 4.69) is 30.8 Å². The molecule has 1 saturated heterocycles. The second kappa shape index (κ2) is 3.03. The van der Waals surface area contributed by atoms with Crippen molar-refractivity contribution in [2.75, 3.05) is 0 Å². The molecule has 0 aromatic heterocycles. The van der Waals surface area contributed by atoms with Crippen LogP contribution >= 0.6 is 0 Å². The fourth-order valence-corrected chi connectivity index (χ4v) is 12.8. The Balaban J connectivity index is 2.62. The lowest BCUT2D eigenvalue weighted by Gasteiger charge is -2.31. The molecule has 1 aliphatic rings.